The number of hydrogen-bond donors (Lipinski definition) is 0. The summed E-state index contributed by atoms with van der Waals surface area (Å²) in [5.41, 5.74) is 0.854. The van der Waals surface area contributed by atoms with Gasteiger partial charge in [-0.2, -0.15) is 4.52 Å². The van der Waals surface area contributed by atoms with Crippen LogP contribution in [0.15, 0.2) is 24.4 Å². The van der Waals surface area contributed by atoms with Gasteiger partial charge in [0.25, 0.3) is 5.78 Å². The second kappa shape index (κ2) is 2.62. The van der Waals surface area contributed by atoms with Crippen LogP contribution in [0.1, 0.15) is 0 Å². The summed E-state index contributed by atoms with van der Waals surface area (Å²) in [5.74, 6) is 0.472. The summed E-state index contributed by atoms with van der Waals surface area (Å²) in [6.07, 6.45) is 1.67. The van der Waals surface area contributed by atoms with E-state index in [-0.39, 0.29) is 0 Å². The van der Waals surface area contributed by atoms with Gasteiger partial charge in [0.15, 0.2) is 0 Å². The van der Waals surface area contributed by atoms with Gasteiger partial charge in [0.2, 0.25) is 0 Å². The molecule has 0 N–H and O–H groups in total. The summed E-state index contributed by atoms with van der Waals surface area (Å²) in [5, 5.41) is 12.6. The average Bonchev–Trinajstić information content (AvgIpc) is 2.66. The lowest BCUT2D eigenvalue weighted by Gasteiger charge is -1.99. The van der Waals surface area contributed by atoms with Crippen molar-refractivity contribution in [3.63, 3.8) is 0 Å². The van der Waals surface area contributed by atoms with Gasteiger partial charge in [0, 0.05) is 11.6 Å². The molecule has 0 unspecified atom stereocenters. The Kier molecular flexibility index (Phi) is 1.43. The SMILES string of the molecule is Clc1cccc2c1cnc1nnnn12. The molecule has 0 aliphatic carbocycles. The number of benzene rings is 1. The molecule has 0 radical (unpaired) electrons. The van der Waals surface area contributed by atoms with Crippen molar-refractivity contribution in [1.29, 1.82) is 0 Å². The van der Waals surface area contributed by atoms with Crippen LogP contribution in [-0.2, 0) is 0 Å². The van der Waals surface area contributed by atoms with E-state index in [4.69, 9.17) is 11.6 Å². The van der Waals surface area contributed by atoms with Crippen LogP contribution < -0.4 is 0 Å². The first kappa shape index (κ1) is 7.64. The van der Waals surface area contributed by atoms with Crippen molar-refractivity contribution in [2.24, 2.45) is 0 Å². The molecule has 0 saturated heterocycles. The van der Waals surface area contributed by atoms with Crippen molar-refractivity contribution in [3.05, 3.63) is 29.4 Å². The average molecular weight is 206 g/mol. The molecule has 5 nitrogen and oxygen atoms in total. The van der Waals surface area contributed by atoms with Gasteiger partial charge in [-0.25, -0.2) is 4.98 Å². The lowest BCUT2D eigenvalue weighted by molar-refractivity contribution is 0.840. The third kappa shape index (κ3) is 0.898. The molecule has 0 bridgehead atoms. The minimum atomic E-state index is 0.472. The number of aromatic nitrogens is 5. The molecule has 0 fully saturated rings. The van der Waals surface area contributed by atoms with Crippen molar-refractivity contribution in [2.45, 2.75) is 0 Å². The Morgan fingerprint density at radius 1 is 1.29 bits per heavy atom. The van der Waals surface area contributed by atoms with Crippen LogP contribution in [0.5, 0.6) is 0 Å². The van der Waals surface area contributed by atoms with E-state index >= 15 is 0 Å². The molecular weight excluding hydrogens is 202 g/mol. The molecule has 2 heterocycles. The Morgan fingerprint density at radius 2 is 2.21 bits per heavy atom. The Labute approximate surface area is 83.3 Å². The van der Waals surface area contributed by atoms with Crippen LogP contribution in [-0.4, -0.2) is 25.0 Å². The van der Waals surface area contributed by atoms with Crippen LogP contribution in [0, 0.1) is 0 Å². The van der Waals surface area contributed by atoms with Gasteiger partial charge < -0.3 is 0 Å². The normalized spacial score (nSPS) is 11.2. The molecule has 0 spiro atoms. The Hall–Kier alpha value is -1.75. The Bertz CT molecular complexity index is 617. The zero-order chi connectivity index (χ0) is 9.54. The largest absolute Gasteiger partial charge is 0.273 e. The third-order valence-electron chi connectivity index (χ3n) is 2.02. The Balaban J connectivity index is 2.64. The molecule has 0 atom stereocenters. The minimum Gasteiger partial charge on any atom is -0.217 e. The molecule has 2 aromatic heterocycles. The highest BCUT2D eigenvalue weighted by Crippen LogP contribution is 2.21. The van der Waals surface area contributed by atoms with Gasteiger partial charge in [-0.3, -0.25) is 0 Å². The lowest BCUT2D eigenvalue weighted by atomic mass is 10.2. The summed E-state index contributed by atoms with van der Waals surface area (Å²) in [4.78, 5) is 4.07. The van der Waals surface area contributed by atoms with Crippen molar-refractivity contribution in [2.75, 3.05) is 0 Å². The van der Waals surface area contributed by atoms with Gasteiger partial charge in [0.1, 0.15) is 0 Å². The monoisotopic (exact) mass is 205 g/mol. The van der Waals surface area contributed by atoms with Crippen molar-refractivity contribution in [3.8, 4) is 0 Å². The number of hydrogen-bond acceptors (Lipinski definition) is 4. The summed E-state index contributed by atoms with van der Waals surface area (Å²) in [7, 11) is 0. The molecule has 0 aliphatic heterocycles. The predicted octanol–water partition coefficient (Wildman–Crippen LogP) is 1.33. The maximum atomic E-state index is 6.00. The molecule has 0 saturated carbocycles. The van der Waals surface area contributed by atoms with E-state index in [1.807, 2.05) is 18.2 Å². The second-order valence-corrected chi connectivity index (χ2v) is 3.23. The van der Waals surface area contributed by atoms with E-state index in [0.717, 1.165) is 10.9 Å². The number of tetrazole rings is 1. The van der Waals surface area contributed by atoms with E-state index in [0.29, 0.717) is 10.8 Å². The maximum Gasteiger partial charge on any atom is 0.273 e. The number of nitrogens with zero attached hydrogens (tertiary/aromatic N) is 5. The van der Waals surface area contributed by atoms with E-state index in [9.17, 15) is 0 Å². The molecule has 3 aromatic rings. The first-order chi connectivity index (χ1) is 6.86. The first-order valence-electron chi connectivity index (χ1n) is 3.97. The van der Waals surface area contributed by atoms with Crippen LogP contribution in [0.3, 0.4) is 0 Å². The smallest absolute Gasteiger partial charge is 0.217 e. The fourth-order valence-corrected chi connectivity index (χ4v) is 1.60. The van der Waals surface area contributed by atoms with Crippen molar-refractivity contribution < 1.29 is 0 Å². The predicted molar refractivity (Wildman–Crippen MR) is 51.1 cm³/mol. The fourth-order valence-electron chi connectivity index (χ4n) is 1.38. The van der Waals surface area contributed by atoms with E-state index in [1.54, 1.807) is 10.7 Å². The third-order valence-corrected chi connectivity index (χ3v) is 2.35. The molecule has 14 heavy (non-hydrogen) atoms. The topological polar surface area (TPSA) is 56.0 Å². The van der Waals surface area contributed by atoms with Crippen LogP contribution >= 0.6 is 11.6 Å². The standard InChI is InChI=1S/C8H4ClN5/c9-6-2-1-3-7-5(6)4-10-8-11-12-13-14(7)8/h1-4H. The zero-order valence-corrected chi connectivity index (χ0v) is 7.68. The highest BCUT2D eigenvalue weighted by Gasteiger charge is 2.05. The molecular formula is C8H4ClN5. The summed E-state index contributed by atoms with van der Waals surface area (Å²) >= 11 is 6.00. The summed E-state index contributed by atoms with van der Waals surface area (Å²) in [6, 6.07) is 5.56. The number of fused-ring (bicyclic) bond motifs is 3. The quantitative estimate of drug-likeness (QED) is 0.556. The zero-order valence-electron chi connectivity index (χ0n) is 6.92. The summed E-state index contributed by atoms with van der Waals surface area (Å²) in [6.45, 7) is 0. The first-order valence-corrected chi connectivity index (χ1v) is 4.35. The highest BCUT2D eigenvalue weighted by molar-refractivity contribution is 6.35. The van der Waals surface area contributed by atoms with Crippen LogP contribution in [0.2, 0.25) is 5.02 Å². The molecule has 6 heteroatoms. The molecule has 3 rings (SSSR count). The van der Waals surface area contributed by atoms with E-state index in [2.05, 4.69) is 20.5 Å². The lowest BCUT2D eigenvalue weighted by Crippen LogP contribution is -1.93. The van der Waals surface area contributed by atoms with Gasteiger partial charge in [-0.15, -0.1) is 0 Å². The summed E-state index contributed by atoms with van der Waals surface area (Å²) < 4.78 is 1.56. The van der Waals surface area contributed by atoms with E-state index < -0.39 is 0 Å². The molecule has 1 aromatic carbocycles. The van der Waals surface area contributed by atoms with Crippen LogP contribution in [0.25, 0.3) is 16.7 Å². The molecule has 68 valence electrons. The maximum absolute atomic E-state index is 6.00. The van der Waals surface area contributed by atoms with Gasteiger partial charge in [-0.05, 0) is 22.6 Å². The van der Waals surface area contributed by atoms with Gasteiger partial charge in [0.05, 0.1) is 10.5 Å². The van der Waals surface area contributed by atoms with Crippen LogP contribution in [0.4, 0.5) is 0 Å². The van der Waals surface area contributed by atoms with Crippen molar-refractivity contribution in [1.82, 2.24) is 25.0 Å². The molecule has 0 amide bonds. The fraction of sp³-hybridized carbons (Fsp3) is 0. The second-order valence-electron chi connectivity index (χ2n) is 2.82. The van der Waals surface area contributed by atoms with Gasteiger partial charge >= 0.3 is 0 Å². The highest BCUT2D eigenvalue weighted by atomic mass is 35.5. The Morgan fingerprint density at radius 3 is 3.14 bits per heavy atom. The van der Waals surface area contributed by atoms with E-state index in [1.165, 1.54) is 0 Å². The minimum absolute atomic E-state index is 0.472. The van der Waals surface area contributed by atoms with Crippen molar-refractivity contribution >= 4 is 28.3 Å². The molecule has 0 aliphatic rings. The van der Waals surface area contributed by atoms with Gasteiger partial charge in [-0.1, -0.05) is 22.8 Å². The number of halogens is 1. The number of rotatable bonds is 0.